The Balaban J connectivity index is 1.95. The Morgan fingerprint density at radius 3 is 2.41 bits per heavy atom. The highest BCUT2D eigenvalue weighted by Crippen LogP contribution is 2.46. The zero-order chi connectivity index (χ0) is 12.8. The molecule has 2 aliphatic carbocycles. The number of fused-ring (bicyclic) bond motifs is 1. The van der Waals surface area contributed by atoms with Gasteiger partial charge in [-0.2, -0.15) is 0 Å². The average Bonchev–Trinajstić information content (AvgIpc) is 2.57. The maximum absolute atomic E-state index is 6.54. The Hall–Kier alpha value is -0.0831. The predicted octanol–water partition coefficient (Wildman–Crippen LogP) is 4.75. The van der Waals surface area contributed by atoms with Crippen LogP contribution in [0.2, 0.25) is 18.1 Å². The van der Waals surface area contributed by atoms with Gasteiger partial charge in [0.1, 0.15) is 0 Å². The van der Waals surface area contributed by atoms with Gasteiger partial charge < -0.3 is 4.43 Å². The van der Waals surface area contributed by atoms with Crippen LogP contribution in [0.15, 0.2) is 11.6 Å². The van der Waals surface area contributed by atoms with Crippen LogP contribution in [0.5, 0.6) is 0 Å². The third-order valence-corrected chi connectivity index (χ3v) is 9.59. The van der Waals surface area contributed by atoms with E-state index in [0.717, 1.165) is 11.8 Å². The molecular formula is C15H28OSi. The summed E-state index contributed by atoms with van der Waals surface area (Å²) in [6, 6.07) is 0. The smallest absolute Gasteiger partial charge is 0.192 e. The normalized spacial score (nSPS) is 33.8. The topological polar surface area (TPSA) is 9.23 Å². The van der Waals surface area contributed by atoms with E-state index in [1.165, 1.54) is 19.3 Å². The molecule has 0 bridgehead atoms. The van der Waals surface area contributed by atoms with Crippen molar-refractivity contribution < 1.29 is 4.43 Å². The van der Waals surface area contributed by atoms with Gasteiger partial charge in [0.05, 0.1) is 0 Å². The van der Waals surface area contributed by atoms with Gasteiger partial charge in [0.2, 0.25) is 0 Å². The van der Waals surface area contributed by atoms with Crippen LogP contribution in [0.1, 0.15) is 47.0 Å². The van der Waals surface area contributed by atoms with E-state index in [-0.39, 0.29) is 0 Å². The van der Waals surface area contributed by atoms with Crippen molar-refractivity contribution in [3.05, 3.63) is 11.6 Å². The molecule has 0 saturated heterocycles. The van der Waals surface area contributed by atoms with Crippen LogP contribution >= 0.6 is 0 Å². The molecule has 1 nitrogen and oxygen atoms in total. The highest BCUT2D eigenvalue weighted by molar-refractivity contribution is 6.74. The predicted molar refractivity (Wildman–Crippen MR) is 76.7 cm³/mol. The quantitative estimate of drug-likeness (QED) is 0.509. The number of rotatable bonds is 2. The highest BCUT2D eigenvalue weighted by atomic mass is 28.4. The molecule has 0 aromatic heterocycles. The molecule has 0 aromatic rings. The number of hydrogen-bond donors (Lipinski definition) is 0. The largest absolute Gasteiger partial charge is 0.414 e. The molecule has 1 fully saturated rings. The van der Waals surface area contributed by atoms with Crippen LogP contribution in [-0.4, -0.2) is 14.4 Å². The fraction of sp³-hybridized carbons (Fsp3) is 0.867. The van der Waals surface area contributed by atoms with E-state index >= 15 is 0 Å². The van der Waals surface area contributed by atoms with Crippen LogP contribution in [0.3, 0.4) is 0 Å². The zero-order valence-corrected chi connectivity index (χ0v) is 13.3. The molecule has 0 spiro atoms. The van der Waals surface area contributed by atoms with Crippen molar-refractivity contribution in [3.63, 3.8) is 0 Å². The van der Waals surface area contributed by atoms with E-state index in [4.69, 9.17) is 4.43 Å². The van der Waals surface area contributed by atoms with E-state index in [9.17, 15) is 0 Å². The van der Waals surface area contributed by atoms with E-state index in [0.29, 0.717) is 11.1 Å². The minimum atomic E-state index is -1.56. The lowest BCUT2D eigenvalue weighted by Gasteiger charge is -2.38. The Morgan fingerprint density at radius 2 is 1.88 bits per heavy atom. The first-order chi connectivity index (χ1) is 7.69. The molecule has 0 unspecified atom stereocenters. The van der Waals surface area contributed by atoms with Crippen molar-refractivity contribution >= 4 is 8.32 Å². The van der Waals surface area contributed by atoms with Crippen LogP contribution in [0.4, 0.5) is 0 Å². The fourth-order valence-corrected chi connectivity index (χ4v) is 4.46. The van der Waals surface area contributed by atoms with Gasteiger partial charge >= 0.3 is 0 Å². The maximum atomic E-state index is 6.54. The summed E-state index contributed by atoms with van der Waals surface area (Å²) in [5.41, 5.74) is 1.60. The average molecular weight is 252 g/mol. The highest BCUT2D eigenvalue weighted by Gasteiger charge is 2.43. The van der Waals surface area contributed by atoms with Gasteiger partial charge in [0.25, 0.3) is 0 Å². The molecule has 2 aliphatic rings. The van der Waals surface area contributed by atoms with Crippen molar-refractivity contribution in [1.82, 2.24) is 0 Å². The van der Waals surface area contributed by atoms with Crippen molar-refractivity contribution in [2.45, 2.75) is 71.2 Å². The van der Waals surface area contributed by atoms with Crippen molar-refractivity contribution in [2.24, 2.45) is 11.8 Å². The Bertz CT molecular complexity index is 324. The van der Waals surface area contributed by atoms with Gasteiger partial charge in [-0.3, -0.25) is 0 Å². The second kappa shape index (κ2) is 4.24. The summed E-state index contributed by atoms with van der Waals surface area (Å²) in [4.78, 5) is 0. The van der Waals surface area contributed by atoms with Gasteiger partial charge in [-0.15, -0.1) is 0 Å². The first kappa shape index (κ1) is 13.4. The minimum absolute atomic E-state index is 0.344. The summed E-state index contributed by atoms with van der Waals surface area (Å²) >= 11 is 0. The second-order valence-corrected chi connectivity index (χ2v) is 12.4. The Morgan fingerprint density at radius 1 is 1.24 bits per heavy atom. The van der Waals surface area contributed by atoms with Gasteiger partial charge in [-0.05, 0) is 56.2 Å². The Kier molecular flexibility index (Phi) is 3.33. The molecule has 0 heterocycles. The first-order valence-corrected chi connectivity index (χ1v) is 9.95. The summed E-state index contributed by atoms with van der Waals surface area (Å²) in [5.74, 6) is 1.72. The number of hydrogen-bond acceptors (Lipinski definition) is 1. The minimum Gasteiger partial charge on any atom is -0.414 e. The summed E-state index contributed by atoms with van der Waals surface area (Å²) in [6.45, 7) is 14.0. The van der Waals surface area contributed by atoms with Crippen molar-refractivity contribution in [1.29, 1.82) is 0 Å². The maximum Gasteiger partial charge on any atom is 0.192 e. The lowest BCUT2D eigenvalue weighted by molar-refractivity contribution is 0.181. The molecule has 3 atom stereocenters. The van der Waals surface area contributed by atoms with Crippen LogP contribution in [0.25, 0.3) is 0 Å². The molecule has 2 rings (SSSR count). The molecule has 0 aromatic carbocycles. The molecule has 0 amide bonds. The van der Waals surface area contributed by atoms with E-state index in [1.807, 2.05) is 0 Å². The van der Waals surface area contributed by atoms with Crippen LogP contribution in [-0.2, 0) is 4.43 Å². The summed E-state index contributed by atoms with van der Waals surface area (Å²) < 4.78 is 6.54. The van der Waals surface area contributed by atoms with Gasteiger partial charge in [0, 0.05) is 6.10 Å². The lowest BCUT2D eigenvalue weighted by Crippen LogP contribution is -2.43. The molecule has 98 valence electrons. The summed E-state index contributed by atoms with van der Waals surface area (Å²) in [5, 5.41) is 0.344. The van der Waals surface area contributed by atoms with Crippen molar-refractivity contribution in [2.75, 3.05) is 0 Å². The fourth-order valence-electron chi connectivity index (χ4n) is 3.08. The zero-order valence-electron chi connectivity index (χ0n) is 12.3. The number of allylic oxidation sites excluding steroid dienone is 2. The standard InChI is InChI=1S/C15H28OSi/c1-11-7-12-9-14(10-13(12)8-11)16-17(5,6)15(2,3)4/h7,12-14H,8-10H2,1-6H3/t12-,13+,14+/m0/s1. The molecule has 2 heteroatoms. The van der Waals surface area contributed by atoms with E-state index < -0.39 is 8.32 Å². The third-order valence-electron chi connectivity index (χ3n) is 5.06. The summed E-state index contributed by atoms with van der Waals surface area (Å²) in [7, 11) is -1.56. The molecule has 1 saturated carbocycles. The molecule has 0 radical (unpaired) electrons. The molecule has 0 aliphatic heterocycles. The first-order valence-electron chi connectivity index (χ1n) is 7.04. The van der Waals surface area contributed by atoms with Gasteiger partial charge in [0.15, 0.2) is 8.32 Å². The monoisotopic (exact) mass is 252 g/mol. The van der Waals surface area contributed by atoms with Gasteiger partial charge in [-0.25, -0.2) is 0 Å². The molecule has 0 N–H and O–H groups in total. The van der Waals surface area contributed by atoms with E-state index in [1.54, 1.807) is 5.57 Å². The van der Waals surface area contributed by atoms with Gasteiger partial charge in [-0.1, -0.05) is 32.4 Å². The van der Waals surface area contributed by atoms with Crippen LogP contribution in [0, 0.1) is 11.8 Å². The molecular weight excluding hydrogens is 224 g/mol. The second-order valence-electron chi connectivity index (χ2n) is 7.61. The van der Waals surface area contributed by atoms with E-state index in [2.05, 4.69) is 46.9 Å². The molecule has 17 heavy (non-hydrogen) atoms. The lowest BCUT2D eigenvalue weighted by atomic mass is 10.00. The van der Waals surface area contributed by atoms with Crippen molar-refractivity contribution in [3.8, 4) is 0 Å². The Labute approximate surface area is 108 Å². The summed E-state index contributed by atoms with van der Waals surface area (Å²) in [6.07, 6.45) is 6.93. The third kappa shape index (κ3) is 2.68. The van der Waals surface area contributed by atoms with Crippen LogP contribution < -0.4 is 0 Å². The SMILES string of the molecule is CC1=C[C@H]2C[C@@H](O[Si](C)(C)C(C)(C)C)C[C@H]2C1.